The van der Waals surface area contributed by atoms with E-state index >= 15 is 4.57 Å². The Labute approximate surface area is 456 Å². The Hall–Kier alpha value is -6.73. The highest BCUT2D eigenvalue weighted by atomic mass is 31.2. The van der Waals surface area contributed by atoms with E-state index in [1.54, 1.807) is 98.5 Å². The molecule has 0 N–H and O–H groups in total. The molecular weight excluding hydrogens is 1070 g/mol. The van der Waals surface area contributed by atoms with E-state index < -0.39 is 119 Å². The third-order valence-corrected chi connectivity index (χ3v) is 15.7. The van der Waals surface area contributed by atoms with Gasteiger partial charge in [0, 0.05) is 42.3 Å². The average Bonchev–Trinajstić information content (AvgIpc) is 4.31. The van der Waals surface area contributed by atoms with Crippen LogP contribution in [0.1, 0.15) is 77.7 Å². The van der Waals surface area contributed by atoms with Crippen LogP contribution in [0.4, 0.5) is 17.5 Å². The number of anilines is 3. The highest BCUT2D eigenvalue weighted by Gasteiger charge is 2.61. The molecule has 12 heterocycles. The van der Waals surface area contributed by atoms with Crippen molar-refractivity contribution in [2.45, 2.75) is 133 Å². The number of rotatable bonds is 15. The number of imidazole rings is 3. The van der Waals surface area contributed by atoms with Gasteiger partial charge in [-0.15, -0.1) is 0 Å². The number of fused-ring (bicyclic) bond motifs is 6. The molecule has 6 aliphatic heterocycles. The SMILES string of the molecule is CN(C)c1ncnc2c1nc(C#N)n2[C@@H]1O[C@H](COP(=O)(OC[C@H]2O[C@@H](n3c(C#N)nc4c(N(C)C)ncnc43)[C@@H]3OC(C)(C)O[C@@H]32)OC[C@H]2O[C@@H](n3c(C#N)nc4c(N(C)C)ncnc43)[C@@H]3OC(C)(C)O[C@@H]32)[C@H]2OC(C)(C)O[C@H]21. The van der Waals surface area contributed by atoms with Crippen LogP contribution in [0, 0.1) is 34.0 Å². The minimum Gasteiger partial charge on any atom is -0.361 e. The lowest BCUT2D eigenvalue weighted by atomic mass is 10.1. The van der Waals surface area contributed by atoms with E-state index in [0.717, 1.165) is 0 Å². The van der Waals surface area contributed by atoms with E-state index in [0.29, 0.717) is 50.9 Å². The molecule has 32 heteroatoms. The second-order valence-corrected chi connectivity index (χ2v) is 23.4. The molecule has 12 atom stereocenters. The van der Waals surface area contributed by atoms with Gasteiger partial charge in [0.05, 0.1) is 19.8 Å². The van der Waals surface area contributed by atoms with Crippen LogP contribution < -0.4 is 14.7 Å². The van der Waals surface area contributed by atoms with E-state index in [1.807, 2.05) is 0 Å². The molecule has 0 unspecified atom stereocenters. The summed E-state index contributed by atoms with van der Waals surface area (Å²) in [5.74, 6) is -2.13. The first-order valence-corrected chi connectivity index (χ1v) is 27.0. The van der Waals surface area contributed by atoms with Crippen molar-refractivity contribution in [2.75, 3.05) is 76.8 Å². The average molecular weight is 1130 g/mol. The summed E-state index contributed by atoms with van der Waals surface area (Å²) in [6.07, 6.45) is -7.39. The molecule has 6 fully saturated rings. The fourth-order valence-corrected chi connectivity index (χ4v) is 12.5. The number of phosphoric ester groups is 1. The minimum atomic E-state index is -4.86. The van der Waals surface area contributed by atoms with E-state index in [2.05, 4.69) is 63.1 Å². The first kappa shape index (κ1) is 53.9. The van der Waals surface area contributed by atoms with Gasteiger partial charge >= 0.3 is 7.82 Å². The lowest BCUT2D eigenvalue weighted by Gasteiger charge is -2.28. The number of nitriles is 3. The predicted molar refractivity (Wildman–Crippen MR) is 272 cm³/mol. The van der Waals surface area contributed by atoms with Gasteiger partial charge in [0.25, 0.3) is 0 Å². The van der Waals surface area contributed by atoms with Gasteiger partial charge in [0.2, 0.25) is 17.5 Å². The Morgan fingerprint density at radius 1 is 0.475 bits per heavy atom. The molecule has 6 aliphatic rings. The molecule has 0 radical (unpaired) electrons. The Bertz CT molecular complexity index is 3240. The van der Waals surface area contributed by atoms with Gasteiger partial charge in [-0.25, -0.2) is 49.4 Å². The monoisotopic (exact) mass is 1120 g/mol. The maximum atomic E-state index is 15.7. The van der Waals surface area contributed by atoms with Gasteiger partial charge in [-0.05, 0) is 41.5 Å². The van der Waals surface area contributed by atoms with Gasteiger partial charge in [-0.3, -0.25) is 27.3 Å². The zero-order valence-electron chi connectivity index (χ0n) is 45.6. The standard InChI is InChI=1S/C48H57N18O13P/c1-46(2)74-31-22(71-43(34(31)77-46)64-25(13-49)58-28-37(61(7)8)52-19-55-40(28)64)16-68-80(67,69-17-23-32-35(78-47(3,4)75-32)44(72-23)65-26(14-50)59-29-38(62(9)10)53-20-56-41(29)65)70-18-24-33-36(79-48(5,6)76-33)45(73-24)66-27(15-51)60-30-39(63(11)12)54-21-57-42(30)66/h19-24,31-36,43-45H,16-18H2,1-12H3/t22-,23-,24-,31-,32-,33-,34-,35-,36-,43-,44-,45-/m1/s1. The molecule has 0 aliphatic carbocycles. The van der Waals surface area contributed by atoms with Crippen molar-refractivity contribution in [3.63, 3.8) is 0 Å². The van der Waals surface area contributed by atoms with Crippen LogP contribution in [0.5, 0.6) is 0 Å². The van der Waals surface area contributed by atoms with Crippen molar-refractivity contribution < 1.29 is 60.8 Å². The molecule has 6 aromatic heterocycles. The van der Waals surface area contributed by atoms with E-state index in [9.17, 15) is 15.8 Å². The molecule has 6 aromatic rings. The number of phosphoric acid groups is 1. The summed E-state index contributed by atoms with van der Waals surface area (Å²) in [5, 5.41) is 31.3. The largest absolute Gasteiger partial charge is 0.475 e. The third-order valence-electron chi connectivity index (χ3n) is 14.3. The minimum absolute atomic E-state index is 0.0316. The summed E-state index contributed by atoms with van der Waals surface area (Å²) < 4.78 is 98.0. The summed E-state index contributed by atoms with van der Waals surface area (Å²) in [4.78, 5) is 45.6. The molecule has 0 bridgehead atoms. The zero-order valence-corrected chi connectivity index (χ0v) is 46.5. The number of nitrogens with zero attached hydrogens (tertiary/aromatic N) is 18. The summed E-state index contributed by atoms with van der Waals surface area (Å²) in [7, 11) is 5.90. The summed E-state index contributed by atoms with van der Waals surface area (Å²) in [6.45, 7) is 8.95. The molecule has 422 valence electrons. The number of hydrogen-bond donors (Lipinski definition) is 0. The van der Waals surface area contributed by atoms with Crippen molar-refractivity contribution >= 4 is 58.8 Å². The lowest BCUT2D eigenvalue weighted by Crippen LogP contribution is -2.35. The van der Waals surface area contributed by atoms with E-state index in [-0.39, 0.29) is 17.5 Å². The molecule has 0 saturated carbocycles. The van der Waals surface area contributed by atoms with Gasteiger partial charge in [-0.1, -0.05) is 0 Å². The van der Waals surface area contributed by atoms with Crippen LogP contribution in [0.15, 0.2) is 19.0 Å². The van der Waals surface area contributed by atoms with Gasteiger partial charge in [-0.2, -0.15) is 15.8 Å². The van der Waals surface area contributed by atoms with Crippen molar-refractivity contribution in [3.8, 4) is 18.2 Å². The molecule has 0 aromatic carbocycles. The van der Waals surface area contributed by atoms with Crippen molar-refractivity contribution in [2.24, 2.45) is 0 Å². The molecule has 80 heavy (non-hydrogen) atoms. The maximum Gasteiger partial charge on any atom is 0.475 e. The van der Waals surface area contributed by atoms with Crippen LogP contribution >= 0.6 is 7.82 Å². The quantitative estimate of drug-likeness (QED) is 0.133. The zero-order chi connectivity index (χ0) is 56.5. The fourth-order valence-electron chi connectivity index (χ4n) is 11.2. The Morgan fingerprint density at radius 3 is 0.988 bits per heavy atom. The van der Waals surface area contributed by atoms with Crippen LogP contribution in [0.25, 0.3) is 33.5 Å². The Kier molecular flexibility index (Phi) is 13.1. The summed E-state index contributed by atoms with van der Waals surface area (Å²) in [6, 6.07) is 6.45. The Morgan fingerprint density at radius 2 is 0.738 bits per heavy atom. The number of hydrogen-bond acceptors (Lipinski definition) is 28. The highest BCUT2D eigenvalue weighted by molar-refractivity contribution is 7.48. The van der Waals surface area contributed by atoms with Crippen LogP contribution in [0.3, 0.4) is 0 Å². The number of aromatic nitrogens is 12. The molecule has 12 rings (SSSR count). The molecular formula is C48H57N18O13P. The Balaban J connectivity index is 0.872. The van der Waals surface area contributed by atoms with Gasteiger partial charge < -0.3 is 57.3 Å². The van der Waals surface area contributed by atoms with E-state index in [4.69, 9.17) is 56.2 Å². The molecule has 31 nitrogen and oxygen atoms in total. The van der Waals surface area contributed by atoms with Crippen LogP contribution in [0.2, 0.25) is 0 Å². The predicted octanol–water partition coefficient (Wildman–Crippen LogP) is 2.73. The van der Waals surface area contributed by atoms with Crippen LogP contribution in [-0.4, -0.2) is 193 Å². The summed E-state index contributed by atoms with van der Waals surface area (Å²) in [5.41, 5.74) is 1.95. The van der Waals surface area contributed by atoms with Crippen molar-refractivity contribution in [1.82, 2.24) is 58.6 Å². The molecule has 0 spiro atoms. The first-order chi connectivity index (χ1) is 38.0. The van der Waals surface area contributed by atoms with Crippen molar-refractivity contribution in [1.29, 1.82) is 15.8 Å². The second-order valence-electron chi connectivity index (χ2n) is 21.8. The highest BCUT2D eigenvalue weighted by Crippen LogP contribution is 2.55. The topological polar surface area (TPSA) is 340 Å². The maximum absolute atomic E-state index is 15.7. The van der Waals surface area contributed by atoms with Gasteiger partial charge in [0.1, 0.15) is 92.1 Å². The smallest absolute Gasteiger partial charge is 0.361 e. The third kappa shape index (κ3) is 9.04. The first-order valence-electron chi connectivity index (χ1n) is 25.5. The lowest BCUT2D eigenvalue weighted by molar-refractivity contribution is -0.202. The molecule has 6 saturated heterocycles. The van der Waals surface area contributed by atoms with Crippen molar-refractivity contribution in [3.05, 3.63) is 36.5 Å². The van der Waals surface area contributed by atoms with E-state index in [1.165, 1.54) is 32.7 Å². The van der Waals surface area contributed by atoms with Crippen LogP contribution in [-0.2, 0) is 60.8 Å². The fraction of sp³-hybridized carbons (Fsp3) is 0.625. The number of ether oxygens (including phenoxy) is 9. The normalized spacial score (nSPS) is 29.9. The molecule has 0 amide bonds. The summed E-state index contributed by atoms with van der Waals surface area (Å²) >= 11 is 0. The van der Waals surface area contributed by atoms with Gasteiger partial charge in [0.15, 0.2) is 87.0 Å². The second kappa shape index (κ2) is 19.5.